The monoisotopic (exact) mass is 106 g/mol. The Morgan fingerprint density at radius 3 is 1.86 bits per heavy atom. The van der Waals surface area contributed by atoms with Crippen LogP contribution in [0, 0.1) is 0 Å². The highest BCUT2D eigenvalue weighted by Gasteiger charge is 1.62. The standard InChI is InChI=1S/C3H6O.CH4BF/c1-3(2)4;1-2-3/h1-2H3;2H,1H3/i;2T. The van der Waals surface area contributed by atoms with Crippen LogP contribution in [0.5, 0.6) is 0 Å². The van der Waals surface area contributed by atoms with Crippen LogP contribution in [-0.4, -0.2) is 14.6 Å². The van der Waals surface area contributed by atoms with Crippen LogP contribution in [-0.2, 0) is 4.79 Å². The van der Waals surface area contributed by atoms with Gasteiger partial charge in [-0.05, 0) is 13.8 Å². The fourth-order valence-electron chi connectivity index (χ4n) is 0. The molecule has 1 nitrogen and oxygen atoms in total. The Bertz CT molecular complexity index is 60.3. The van der Waals surface area contributed by atoms with Crippen molar-refractivity contribution in [1.29, 1.82) is 1.34 Å². The van der Waals surface area contributed by atoms with Crippen molar-refractivity contribution >= 4 is 13.3 Å². The smallest absolute Gasteiger partial charge is 0.328 e. The number of rotatable bonds is 0. The van der Waals surface area contributed by atoms with Gasteiger partial charge in [-0.2, -0.15) is 0 Å². The second-order valence-corrected chi connectivity index (χ2v) is 1.13. The van der Waals surface area contributed by atoms with Gasteiger partial charge in [0.1, 0.15) is 5.78 Å². The van der Waals surface area contributed by atoms with Crippen molar-refractivity contribution in [3.05, 3.63) is 0 Å². The van der Waals surface area contributed by atoms with E-state index in [0.29, 0.717) is 0 Å². The van der Waals surface area contributed by atoms with Crippen LogP contribution >= 0.6 is 0 Å². The zero-order valence-electron chi connectivity index (χ0n) is 5.86. The molecule has 0 aromatic carbocycles. The maximum atomic E-state index is 10.7. The summed E-state index contributed by atoms with van der Waals surface area (Å²) in [6, 6.07) is 0. The van der Waals surface area contributed by atoms with Gasteiger partial charge in [0.2, 0.25) is 0 Å². The van der Waals surface area contributed by atoms with Crippen LogP contribution in [0.4, 0.5) is 4.32 Å². The summed E-state index contributed by atoms with van der Waals surface area (Å²) < 4.78 is 16.6. The van der Waals surface area contributed by atoms with E-state index in [4.69, 9.17) is 1.34 Å². The molecule has 0 aliphatic heterocycles. The molecule has 0 fully saturated rings. The Kier molecular flexibility index (Phi) is 8.74. The topological polar surface area (TPSA) is 17.1 Å². The van der Waals surface area contributed by atoms with Crippen molar-refractivity contribution in [2.24, 2.45) is 0 Å². The molecule has 0 aliphatic rings. The third-order valence-corrected chi connectivity index (χ3v) is 0. The van der Waals surface area contributed by atoms with Crippen molar-refractivity contribution in [3.63, 3.8) is 0 Å². The molecule has 0 unspecified atom stereocenters. The number of carbonyl (C=O) groups is 1. The third kappa shape index (κ3) is 678. The lowest BCUT2D eigenvalue weighted by Crippen LogP contribution is -1.69. The molecule has 0 aromatic heterocycles. The first-order valence-corrected chi connectivity index (χ1v) is 2.00. The molecule has 3 heteroatoms. The van der Waals surface area contributed by atoms with E-state index in [2.05, 4.69) is 0 Å². The second kappa shape index (κ2) is 9.18. The van der Waals surface area contributed by atoms with Gasteiger partial charge >= 0.3 is 7.52 Å². The minimum Gasteiger partial charge on any atom is -0.342 e. The zero-order chi connectivity index (χ0) is 7.15. The number of hydrogen-bond acceptors (Lipinski definition) is 1. The van der Waals surface area contributed by atoms with Crippen LogP contribution in [0.25, 0.3) is 0 Å². The van der Waals surface area contributed by atoms with Crippen LogP contribution in [0.3, 0.4) is 0 Å². The maximum Gasteiger partial charge on any atom is 0.328 e. The van der Waals surface area contributed by atoms with Gasteiger partial charge in [0.05, 0.1) is 0 Å². The minimum atomic E-state index is -1.42. The SMILES string of the molecule is CC(C)=O.[3H]B(C)F. The lowest BCUT2D eigenvalue weighted by atomic mass is 10.2. The van der Waals surface area contributed by atoms with Crippen molar-refractivity contribution in [1.82, 2.24) is 0 Å². The van der Waals surface area contributed by atoms with E-state index in [1.807, 2.05) is 0 Å². The summed E-state index contributed by atoms with van der Waals surface area (Å²) in [6.45, 7) is 4.22. The number of hydrogen-bond donors (Lipinski definition) is 0. The van der Waals surface area contributed by atoms with E-state index >= 15 is 0 Å². The van der Waals surface area contributed by atoms with Crippen LogP contribution in [0.15, 0.2) is 0 Å². The van der Waals surface area contributed by atoms with Gasteiger partial charge in [-0.25, -0.2) is 0 Å². The average molecular weight is 106 g/mol. The normalized spacial score (nSPS) is 7.71. The highest BCUT2D eigenvalue weighted by Crippen LogP contribution is 1.50. The zero-order valence-corrected chi connectivity index (χ0v) is 4.86. The Hall–Kier alpha value is -0.335. The molecule has 0 spiro atoms. The van der Waals surface area contributed by atoms with E-state index in [1.54, 1.807) is 0 Å². The van der Waals surface area contributed by atoms with Crippen LogP contribution in [0.1, 0.15) is 13.8 Å². The van der Waals surface area contributed by atoms with E-state index in [9.17, 15) is 9.11 Å². The molecule has 42 valence electrons. The number of ketones is 1. The van der Waals surface area contributed by atoms with E-state index in [-0.39, 0.29) is 5.78 Å². The summed E-state index contributed by atoms with van der Waals surface area (Å²) in [5.74, 6) is 0.167. The molecule has 0 aliphatic carbocycles. The van der Waals surface area contributed by atoms with Gasteiger partial charge in [-0.1, -0.05) is 6.82 Å². The molecule has 0 heterocycles. The van der Waals surface area contributed by atoms with E-state index in [0.717, 1.165) is 0 Å². The minimum absolute atomic E-state index is 0.167. The van der Waals surface area contributed by atoms with E-state index in [1.165, 1.54) is 20.7 Å². The summed E-state index contributed by atoms with van der Waals surface area (Å²) in [4.78, 5) is 9.44. The summed E-state index contributed by atoms with van der Waals surface area (Å²) >= 11 is 0. The van der Waals surface area contributed by atoms with Gasteiger partial charge in [0, 0.05) is 1.34 Å². The molecule has 0 radical (unpaired) electrons. The maximum absolute atomic E-state index is 10.7. The molecule has 0 atom stereocenters. The van der Waals surface area contributed by atoms with Crippen molar-refractivity contribution in [3.8, 4) is 0 Å². The highest BCUT2D eigenvalue weighted by molar-refractivity contribution is 6.23. The molecular weight excluding hydrogens is 93.9 g/mol. The molecule has 0 saturated carbocycles. The molecule has 0 saturated heterocycles. The molecule has 0 amide bonds. The van der Waals surface area contributed by atoms with Gasteiger partial charge in [0.15, 0.2) is 0 Å². The van der Waals surface area contributed by atoms with E-state index < -0.39 is 7.52 Å². The summed E-state index contributed by atoms with van der Waals surface area (Å²) in [5.41, 5.74) is 0. The number of carbonyl (C=O) groups excluding carboxylic acids is 1. The van der Waals surface area contributed by atoms with Crippen LogP contribution < -0.4 is 0 Å². The molecular formula is C4H10BFO. The van der Waals surface area contributed by atoms with Gasteiger partial charge < -0.3 is 9.11 Å². The summed E-state index contributed by atoms with van der Waals surface area (Å²) in [7, 11) is -1.42. The highest BCUT2D eigenvalue weighted by atomic mass is 19.1. The number of halogens is 1. The Morgan fingerprint density at radius 2 is 1.86 bits per heavy atom. The lowest BCUT2D eigenvalue weighted by Gasteiger charge is -1.56. The Balaban J connectivity index is 0. The largest absolute Gasteiger partial charge is 0.342 e. The Morgan fingerprint density at radius 1 is 1.86 bits per heavy atom. The predicted molar refractivity (Wildman–Crippen MR) is 30.5 cm³/mol. The van der Waals surface area contributed by atoms with Crippen molar-refractivity contribution < 1.29 is 9.11 Å². The second-order valence-electron chi connectivity index (χ2n) is 1.13. The van der Waals surface area contributed by atoms with Crippen molar-refractivity contribution in [2.45, 2.75) is 20.7 Å². The predicted octanol–water partition coefficient (Wildman–Crippen LogP) is 0.951. The van der Waals surface area contributed by atoms with Gasteiger partial charge in [-0.3, -0.25) is 0 Å². The number of Topliss-reactive ketones (excluding diaryl/α,β-unsaturated/α-hetero) is 1. The lowest BCUT2D eigenvalue weighted by molar-refractivity contribution is -0.114. The fourth-order valence-corrected chi connectivity index (χ4v) is 0. The van der Waals surface area contributed by atoms with Crippen LogP contribution in [0.2, 0.25) is 6.82 Å². The molecule has 7 heavy (non-hydrogen) atoms. The first-order valence-electron chi connectivity index (χ1n) is 2.58. The average Bonchev–Trinajstić information content (AvgIpc) is 1.25. The third-order valence-electron chi connectivity index (χ3n) is 0. The fraction of sp³-hybridized carbons (Fsp3) is 0.750. The molecule has 0 bridgehead atoms. The molecule has 0 rings (SSSR count). The molecule has 0 N–H and O–H groups in total. The quantitative estimate of drug-likeness (QED) is 0.420. The van der Waals surface area contributed by atoms with Gasteiger partial charge in [-0.15, -0.1) is 0 Å². The van der Waals surface area contributed by atoms with Crippen molar-refractivity contribution in [2.75, 3.05) is 0 Å². The first-order chi connectivity index (χ1) is 3.46. The first kappa shape index (κ1) is 6.66. The summed E-state index contributed by atoms with van der Waals surface area (Å²) in [5, 5.41) is 0. The van der Waals surface area contributed by atoms with Gasteiger partial charge in [0.25, 0.3) is 0 Å². The summed E-state index contributed by atoms with van der Waals surface area (Å²) in [6.07, 6.45) is 0. The Labute approximate surface area is 45.6 Å². The molecule has 0 aromatic rings.